The van der Waals surface area contributed by atoms with Gasteiger partial charge in [-0.1, -0.05) is 43.5 Å². The molecule has 204 valence electrons. The monoisotopic (exact) mass is 548 g/mol. The number of aromatic nitrogens is 2. The van der Waals surface area contributed by atoms with Crippen LogP contribution in [0.5, 0.6) is 0 Å². The molecule has 2 aromatic carbocycles. The molecular weight excluding hydrogens is 515 g/mol. The van der Waals surface area contributed by atoms with Gasteiger partial charge < -0.3 is 10.3 Å². The number of amides is 1. The van der Waals surface area contributed by atoms with Crippen molar-refractivity contribution < 1.29 is 17.6 Å². The normalized spacial score (nSPS) is 17.0. The van der Waals surface area contributed by atoms with E-state index in [0.717, 1.165) is 66.4 Å². The maximum atomic E-state index is 14.2. The van der Waals surface area contributed by atoms with Crippen molar-refractivity contribution in [3.63, 3.8) is 0 Å². The van der Waals surface area contributed by atoms with Gasteiger partial charge in [-0.3, -0.25) is 9.78 Å². The Morgan fingerprint density at radius 3 is 2.49 bits per heavy atom. The lowest BCUT2D eigenvalue weighted by Gasteiger charge is -2.35. The molecule has 1 saturated carbocycles. The van der Waals surface area contributed by atoms with Gasteiger partial charge in [-0.25, -0.2) is 12.8 Å². The van der Waals surface area contributed by atoms with Gasteiger partial charge in [-0.2, -0.15) is 4.72 Å². The molecule has 39 heavy (non-hydrogen) atoms. The molecule has 2 aromatic heterocycles. The first kappa shape index (κ1) is 27.0. The van der Waals surface area contributed by atoms with Crippen LogP contribution < -0.4 is 10.0 Å². The summed E-state index contributed by atoms with van der Waals surface area (Å²) in [5.41, 5.74) is 0.899. The molecule has 4 aromatic rings. The number of aromatic amines is 1. The van der Waals surface area contributed by atoms with Crippen LogP contribution in [-0.4, -0.2) is 29.8 Å². The van der Waals surface area contributed by atoms with E-state index in [1.165, 1.54) is 12.1 Å². The van der Waals surface area contributed by atoms with E-state index in [0.29, 0.717) is 0 Å². The average molecular weight is 549 g/mol. The highest BCUT2D eigenvalue weighted by Gasteiger charge is 2.41. The quantitative estimate of drug-likeness (QED) is 0.260. The molecule has 2 atom stereocenters. The van der Waals surface area contributed by atoms with Crippen molar-refractivity contribution in [1.29, 1.82) is 0 Å². The molecule has 1 fully saturated rings. The molecule has 0 aliphatic heterocycles. The third-order valence-corrected chi connectivity index (χ3v) is 9.23. The molecule has 5 rings (SSSR count). The Morgan fingerprint density at radius 2 is 1.77 bits per heavy atom. The summed E-state index contributed by atoms with van der Waals surface area (Å²) < 4.78 is 43.2. The number of fused-ring (bicyclic) bond motifs is 1. The Kier molecular flexibility index (Phi) is 7.81. The lowest BCUT2D eigenvalue weighted by Crippen LogP contribution is -2.59. The van der Waals surface area contributed by atoms with Crippen molar-refractivity contribution in [3.8, 4) is 0 Å². The molecule has 1 amide bonds. The highest BCUT2D eigenvalue weighted by molar-refractivity contribution is 7.89. The molecule has 0 spiro atoms. The Hall–Kier alpha value is -3.56. The highest BCUT2D eigenvalue weighted by Crippen LogP contribution is 2.34. The summed E-state index contributed by atoms with van der Waals surface area (Å²) in [7, 11) is -4.16. The lowest BCUT2D eigenvalue weighted by molar-refractivity contribution is -0.127. The Bertz CT molecular complexity index is 1530. The second-order valence-corrected chi connectivity index (χ2v) is 12.2. The molecule has 2 heterocycles. The van der Waals surface area contributed by atoms with Crippen LogP contribution in [0.25, 0.3) is 10.9 Å². The highest BCUT2D eigenvalue weighted by atomic mass is 32.2. The number of H-pyrrole nitrogens is 1. The number of benzene rings is 2. The smallest absolute Gasteiger partial charge is 0.241 e. The van der Waals surface area contributed by atoms with Crippen molar-refractivity contribution >= 4 is 26.8 Å². The number of carbonyl (C=O) groups excluding carboxylic acids is 1. The van der Waals surface area contributed by atoms with Crippen LogP contribution in [0.1, 0.15) is 56.3 Å². The second kappa shape index (κ2) is 11.3. The summed E-state index contributed by atoms with van der Waals surface area (Å²) in [4.78, 5) is 21.8. The largest absolute Gasteiger partial charge is 0.361 e. The first-order chi connectivity index (χ1) is 18.7. The van der Waals surface area contributed by atoms with Crippen molar-refractivity contribution in [2.75, 3.05) is 0 Å². The number of rotatable bonds is 9. The number of hydrogen-bond donors (Lipinski definition) is 3. The van der Waals surface area contributed by atoms with E-state index >= 15 is 0 Å². The van der Waals surface area contributed by atoms with Gasteiger partial charge in [0.05, 0.1) is 16.6 Å². The van der Waals surface area contributed by atoms with E-state index in [-0.39, 0.29) is 23.3 Å². The number of hydrogen-bond acceptors (Lipinski definition) is 4. The molecule has 1 aliphatic carbocycles. The van der Waals surface area contributed by atoms with Gasteiger partial charge in [0.1, 0.15) is 11.4 Å². The van der Waals surface area contributed by atoms with Crippen LogP contribution in [-0.2, 0) is 21.2 Å². The zero-order chi connectivity index (χ0) is 27.5. The van der Waals surface area contributed by atoms with E-state index in [1.54, 1.807) is 19.3 Å². The minimum Gasteiger partial charge on any atom is -0.361 e. The molecule has 3 N–H and O–H groups in total. The molecule has 9 heteroatoms. The standard InChI is InChI=1S/C30H33FN4O3S/c1-30(19-22-20-33-26-12-6-5-11-25(22)26,35-39(37,38)24-16-14-23(31)15-17-24)29(36)34-28(21-9-3-2-4-10-21)27-13-7-8-18-32-27/h5-8,11-18,20-21,28,33,35H,2-4,9-10,19H2,1H3,(H,34,36)/t28?,30-/m0/s1. The average Bonchev–Trinajstić information content (AvgIpc) is 3.34. The number of nitrogens with one attached hydrogen (secondary N) is 3. The fourth-order valence-electron chi connectivity index (χ4n) is 5.55. The van der Waals surface area contributed by atoms with Crippen LogP contribution in [0.2, 0.25) is 0 Å². The minimum absolute atomic E-state index is 0.100. The lowest BCUT2D eigenvalue weighted by atomic mass is 9.82. The molecule has 0 radical (unpaired) electrons. The summed E-state index contributed by atoms with van der Waals surface area (Å²) in [5.74, 6) is -0.790. The van der Waals surface area contributed by atoms with Crippen LogP contribution in [0.15, 0.2) is 84.0 Å². The van der Waals surface area contributed by atoms with Crippen LogP contribution in [0.3, 0.4) is 0 Å². The Labute approximate surface area is 228 Å². The number of nitrogens with zero attached hydrogens (tertiary/aromatic N) is 1. The van der Waals surface area contributed by atoms with Crippen LogP contribution in [0, 0.1) is 11.7 Å². The van der Waals surface area contributed by atoms with E-state index < -0.39 is 27.3 Å². The van der Waals surface area contributed by atoms with Gasteiger partial charge in [0.25, 0.3) is 0 Å². The molecule has 0 saturated heterocycles. The zero-order valence-corrected chi connectivity index (χ0v) is 22.7. The maximum Gasteiger partial charge on any atom is 0.241 e. The summed E-state index contributed by atoms with van der Waals surface area (Å²) in [6.45, 7) is 1.60. The molecule has 7 nitrogen and oxygen atoms in total. The molecular formula is C30H33FN4O3S. The first-order valence-corrected chi connectivity index (χ1v) is 14.8. The minimum atomic E-state index is -4.16. The molecule has 1 aliphatic rings. The second-order valence-electron chi connectivity index (χ2n) is 10.5. The van der Waals surface area contributed by atoms with Gasteiger partial charge in [-0.05, 0) is 73.7 Å². The molecule has 1 unspecified atom stereocenters. The van der Waals surface area contributed by atoms with E-state index in [1.807, 2.05) is 42.5 Å². The summed E-state index contributed by atoms with van der Waals surface area (Å²) in [6.07, 6.45) is 8.85. The van der Waals surface area contributed by atoms with Crippen molar-refractivity contribution in [2.24, 2.45) is 5.92 Å². The van der Waals surface area contributed by atoms with Crippen molar-refractivity contribution in [1.82, 2.24) is 20.0 Å². The predicted molar refractivity (Wildman–Crippen MR) is 149 cm³/mol. The number of sulfonamides is 1. The van der Waals surface area contributed by atoms with Gasteiger partial charge in [0.2, 0.25) is 15.9 Å². The number of para-hydroxylation sites is 1. The van der Waals surface area contributed by atoms with Gasteiger partial charge >= 0.3 is 0 Å². The first-order valence-electron chi connectivity index (χ1n) is 13.3. The van der Waals surface area contributed by atoms with Crippen LogP contribution >= 0.6 is 0 Å². The Morgan fingerprint density at radius 1 is 1.05 bits per heavy atom. The van der Waals surface area contributed by atoms with Crippen LogP contribution in [0.4, 0.5) is 4.39 Å². The van der Waals surface area contributed by atoms with Gasteiger partial charge in [-0.15, -0.1) is 0 Å². The van der Waals surface area contributed by atoms with E-state index in [2.05, 4.69) is 20.0 Å². The third kappa shape index (κ3) is 6.04. The Balaban J connectivity index is 1.51. The number of carbonyl (C=O) groups is 1. The van der Waals surface area contributed by atoms with Gasteiger partial charge in [0.15, 0.2) is 0 Å². The number of halogens is 1. The van der Waals surface area contributed by atoms with E-state index in [9.17, 15) is 17.6 Å². The fourth-order valence-corrected chi connectivity index (χ4v) is 6.92. The SMILES string of the molecule is C[C@@](Cc1c[nH]c2ccccc12)(NS(=O)(=O)c1ccc(F)cc1)C(=O)NC(c1ccccn1)C1CCCCC1. The third-order valence-electron chi connectivity index (χ3n) is 7.62. The fraction of sp³-hybridized carbons (Fsp3) is 0.333. The van der Waals surface area contributed by atoms with Crippen molar-refractivity contribution in [2.45, 2.75) is 61.9 Å². The summed E-state index contributed by atoms with van der Waals surface area (Å²) in [5, 5.41) is 4.10. The molecule has 0 bridgehead atoms. The summed E-state index contributed by atoms with van der Waals surface area (Å²) in [6, 6.07) is 17.5. The van der Waals surface area contributed by atoms with E-state index in [4.69, 9.17) is 0 Å². The topological polar surface area (TPSA) is 104 Å². The van der Waals surface area contributed by atoms with Crippen molar-refractivity contribution in [3.05, 3.63) is 96.2 Å². The van der Waals surface area contributed by atoms with Gasteiger partial charge in [0, 0.05) is 29.7 Å². The summed E-state index contributed by atoms with van der Waals surface area (Å²) >= 11 is 0. The zero-order valence-electron chi connectivity index (χ0n) is 21.9. The predicted octanol–water partition coefficient (Wildman–Crippen LogP) is 5.42. The number of pyridine rings is 1. The maximum absolute atomic E-state index is 14.2.